The van der Waals surface area contributed by atoms with Crippen LogP contribution in [0.2, 0.25) is 0 Å². The van der Waals surface area contributed by atoms with E-state index in [4.69, 9.17) is 0 Å². The van der Waals surface area contributed by atoms with Crippen LogP contribution < -0.4 is 0 Å². The van der Waals surface area contributed by atoms with Gasteiger partial charge in [-0.05, 0) is 0 Å². The van der Waals surface area contributed by atoms with Crippen LogP contribution in [0.25, 0.3) is 0 Å². The number of allylic oxidation sites excluding steroid dienone is 12. The van der Waals surface area contributed by atoms with Crippen LogP contribution >= 0.6 is 18.0 Å². The summed E-state index contributed by atoms with van der Waals surface area (Å²) in [6.45, 7) is 0. The Morgan fingerprint density at radius 2 is 1.06 bits per heavy atom. The van der Waals surface area contributed by atoms with Gasteiger partial charge in [0.05, 0.1) is 0 Å². The van der Waals surface area contributed by atoms with Crippen molar-refractivity contribution in [3.8, 4) is 0 Å². The Morgan fingerprint density at radius 1 is 0.706 bits per heavy atom. The Labute approximate surface area is 117 Å². The molecule has 0 atom stereocenters. The standard InChI is InChI=1S/3C5H5.HI.Zr/c3*1-2-4-5-3-1;;/h3*1-3H,4H2;1H;/q;;;;+1/p-1. The molecule has 0 amide bonds. The fourth-order valence-corrected chi connectivity index (χ4v) is 18.2. The van der Waals surface area contributed by atoms with Crippen LogP contribution in [0.1, 0.15) is 19.3 Å². The Morgan fingerprint density at radius 3 is 1.29 bits per heavy atom. The third kappa shape index (κ3) is 2.08. The van der Waals surface area contributed by atoms with Gasteiger partial charge >= 0.3 is 118 Å². The molecule has 0 saturated carbocycles. The molecule has 0 bridgehead atoms. The fourth-order valence-electron chi connectivity index (χ4n) is 2.73. The predicted octanol–water partition coefficient (Wildman–Crippen LogP) is 5.02. The maximum absolute atomic E-state index is 2.87. The second kappa shape index (κ2) is 4.97. The monoisotopic (exact) mass is 412 g/mol. The first-order chi connectivity index (χ1) is 8.32. The molecule has 3 aliphatic rings. The van der Waals surface area contributed by atoms with Crippen LogP contribution in [0.15, 0.2) is 64.5 Å². The summed E-state index contributed by atoms with van der Waals surface area (Å²) in [5, 5.41) is 0. The van der Waals surface area contributed by atoms with E-state index in [1.165, 1.54) is 19.3 Å². The molecular formula is C15H15IZr. The van der Waals surface area contributed by atoms with Gasteiger partial charge in [0.25, 0.3) is 0 Å². The van der Waals surface area contributed by atoms with E-state index in [0.29, 0.717) is 0 Å². The Balaban J connectivity index is 2.01. The van der Waals surface area contributed by atoms with E-state index in [2.05, 4.69) is 72.7 Å². The molecule has 3 aliphatic carbocycles. The Hall–Kier alpha value is 0.0531. The third-order valence-corrected chi connectivity index (χ3v) is 25.2. The number of halogens is 1. The molecule has 2 heteroatoms. The van der Waals surface area contributed by atoms with Crippen molar-refractivity contribution in [2.75, 3.05) is 0 Å². The Kier molecular flexibility index (Phi) is 3.54. The number of rotatable bonds is 3. The summed E-state index contributed by atoms with van der Waals surface area (Å²) in [7, 11) is 0. The minimum atomic E-state index is -2.45. The van der Waals surface area contributed by atoms with Gasteiger partial charge in [0.2, 0.25) is 0 Å². The van der Waals surface area contributed by atoms with E-state index in [1.54, 1.807) is 9.84 Å². The summed E-state index contributed by atoms with van der Waals surface area (Å²) in [5.41, 5.74) is 0. The summed E-state index contributed by atoms with van der Waals surface area (Å²) in [6, 6.07) is 0. The average molecular weight is 413 g/mol. The molecule has 0 N–H and O–H groups in total. The first-order valence-corrected chi connectivity index (χ1v) is 17.1. The van der Waals surface area contributed by atoms with Gasteiger partial charge in [0.15, 0.2) is 0 Å². The molecule has 0 fully saturated rings. The first-order valence-electron chi connectivity index (χ1n) is 6.09. The molecule has 0 nitrogen and oxygen atoms in total. The van der Waals surface area contributed by atoms with Crippen molar-refractivity contribution in [1.29, 1.82) is 0 Å². The fraction of sp³-hybridized carbons (Fsp3) is 0.200. The summed E-state index contributed by atoms with van der Waals surface area (Å²) >= 11 is 0.417. The molecule has 0 spiro atoms. The van der Waals surface area contributed by atoms with Crippen molar-refractivity contribution in [2.45, 2.75) is 19.3 Å². The normalized spacial score (nSPS) is 22.1. The molecule has 0 radical (unpaired) electrons. The zero-order valence-electron chi connectivity index (χ0n) is 9.70. The first kappa shape index (κ1) is 12.1. The van der Waals surface area contributed by atoms with Crippen molar-refractivity contribution in [3.63, 3.8) is 0 Å². The molecular weight excluding hydrogens is 398 g/mol. The van der Waals surface area contributed by atoms with Crippen molar-refractivity contribution >= 4 is 18.0 Å². The molecule has 86 valence electrons. The second-order valence-electron chi connectivity index (χ2n) is 4.63. The van der Waals surface area contributed by atoms with Gasteiger partial charge in [-0.1, -0.05) is 0 Å². The molecule has 0 aromatic carbocycles. The van der Waals surface area contributed by atoms with E-state index in [1.807, 2.05) is 0 Å². The van der Waals surface area contributed by atoms with Gasteiger partial charge in [-0.3, -0.25) is 0 Å². The quantitative estimate of drug-likeness (QED) is 0.570. The van der Waals surface area contributed by atoms with Crippen LogP contribution in [0.5, 0.6) is 0 Å². The van der Waals surface area contributed by atoms with E-state index < -0.39 is 16.1 Å². The van der Waals surface area contributed by atoms with Gasteiger partial charge in [-0.2, -0.15) is 0 Å². The number of hydrogen-bond donors (Lipinski definition) is 0. The van der Waals surface area contributed by atoms with Crippen LogP contribution in [0, 0.1) is 0 Å². The van der Waals surface area contributed by atoms with E-state index in [0.717, 1.165) is 0 Å². The molecule has 17 heavy (non-hydrogen) atoms. The molecule has 0 saturated heterocycles. The van der Waals surface area contributed by atoms with Crippen LogP contribution in [-0.2, 0) is 16.1 Å². The topological polar surface area (TPSA) is 0 Å². The zero-order chi connectivity index (χ0) is 11.7. The molecule has 0 heterocycles. The summed E-state index contributed by atoms with van der Waals surface area (Å²) in [4.78, 5) is 0. The molecule has 3 rings (SSSR count). The second-order valence-corrected chi connectivity index (χ2v) is 22.2. The minimum absolute atomic E-state index is 1.19. The van der Waals surface area contributed by atoms with Crippen molar-refractivity contribution < 1.29 is 16.1 Å². The van der Waals surface area contributed by atoms with Gasteiger partial charge in [-0.15, -0.1) is 0 Å². The summed E-state index contributed by atoms with van der Waals surface area (Å²) < 4.78 is 5.22. The van der Waals surface area contributed by atoms with Gasteiger partial charge in [0, 0.05) is 0 Å². The van der Waals surface area contributed by atoms with Gasteiger partial charge < -0.3 is 0 Å². The van der Waals surface area contributed by atoms with E-state index in [-0.39, 0.29) is 0 Å². The summed E-state index contributed by atoms with van der Waals surface area (Å²) in [6.07, 6.45) is 24.4. The van der Waals surface area contributed by atoms with E-state index in [9.17, 15) is 0 Å². The number of hydrogen-bond acceptors (Lipinski definition) is 0. The van der Waals surface area contributed by atoms with Crippen LogP contribution in [-0.4, -0.2) is 0 Å². The SMILES string of the molecule is [I][Zr]([C]1=CC=CC1)([C]1=CC=CC1)[C]1=CC=CC1. The molecule has 0 unspecified atom stereocenters. The van der Waals surface area contributed by atoms with Crippen LogP contribution in [0.3, 0.4) is 0 Å². The zero-order valence-corrected chi connectivity index (χ0v) is 14.3. The molecule has 0 aromatic heterocycles. The maximum atomic E-state index is 2.87. The van der Waals surface area contributed by atoms with Crippen molar-refractivity contribution in [1.82, 2.24) is 0 Å². The average Bonchev–Trinajstić information content (AvgIpc) is 3.10. The summed E-state index contributed by atoms with van der Waals surface area (Å²) in [5.74, 6) is 0. The Bertz CT molecular complexity index is 441. The molecule has 0 aliphatic heterocycles. The van der Waals surface area contributed by atoms with Crippen molar-refractivity contribution in [3.05, 3.63) is 64.5 Å². The van der Waals surface area contributed by atoms with Gasteiger partial charge in [-0.25, -0.2) is 0 Å². The molecule has 0 aromatic rings. The van der Waals surface area contributed by atoms with E-state index >= 15 is 0 Å². The van der Waals surface area contributed by atoms with Crippen LogP contribution in [0.4, 0.5) is 0 Å². The van der Waals surface area contributed by atoms with Gasteiger partial charge in [0.1, 0.15) is 0 Å². The van der Waals surface area contributed by atoms with Crippen molar-refractivity contribution in [2.24, 2.45) is 0 Å². The third-order valence-electron chi connectivity index (χ3n) is 3.64. The predicted molar refractivity (Wildman–Crippen MR) is 79.5 cm³/mol.